The summed E-state index contributed by atoms with van der Waals surface area (Å²) in [7, 11) is 0. The summed E-state index contributed by atoms with van der Waals surface area (Å²) < 4.78 is 5.73. The number of amides is 1. The molecular weight excluding hydrogens is 358 g/mol. The maximum atomic E-state index is 12.9. The third-order valence-corrected chi connectivity index (χ3v) is 6.32. The van der Waals surface area contributed by atoms with Gasteiger partial charge < -0.3 is 9.32 Å². The number of carbonyl (C=O) groups is 1. The van der Waals surface area contributed by atoms with Gasteiger partial charge in [-0.05, 0) is 36.6 Å². The first-order chi connectivity index (χ1) is 13.1. The Morgan fingerprint density at radius 2 is 1.89 bits per heavy atom. The molecule has 4 nitrogen and oxygen atoms in total. The van der Waals surface area contributed by atoms with Crippen molar-refractivity contribution < 1.29 is 9.21 Å². The van der Waals surface area contributed by atoms with E-state index in [4.69, 9.17) is 4.42 Å². The van der Waals surface area contributed by atoms with Crippen molar-refractivity contribution in [3.8, 4) is 0 Å². The van der Waals surface area contributed by atoms with Crippen molar-refractivity contribution in [1.29, 1.82) is 0 Å². The third-order valence-electron chi connectivity index (χ3n) is 5.01. The normalized spacial score (nSPS) is 17.7. The van der Waals surface area contributed by atoms with Crippen LogP contribution in [-0.2, 0) is 0 Å². The van der Waals surface area contributed by atoms with Crippen molar-refractivity contribution in [3.63, 3.8) is 0 Å². The second kappa shape index (κ2) is 7.61. The SMILES string of the molecule is Cc1ccccc1[C@H]1CCN(C(=O)c2cc(=O)c3ccccc3o2)CCS1. The minimum atomic E-state index is -0.205. The van der Waals surface area contributed by atoms with Gasteiger partial charge in [0, 0.05) is 30.2 Å². The van der Waals surface area contributed by atoms with Crippen molar-refractivity contribution in [2.24, 2.45) is 0 Å². The summed E-state index contributed by atoms with van der Waals surface area (Å²) in [4.78, 5) is 27.0. The summed E-state index contributed by atoms with van der Waals surface area (Å²) in [6.45, 7) is 3.44. The maximum Gasteiger partial charge on any atom is 0.289 e. The summed E-state index contributed by atoms with van der Waals surface area (Å²) in [6.07, 6.45) is 0.888. The zero-order chi connectivity index (χ0) is 18.8. The van der Waals surface area contributed by atoms with Gasteiger partial charge in [0.2, 0.25) is 0 Å². The first kappa shape index (κ1) is 17.9. The second-order valence-corrected chi connectivity index (χ2v) is 8.08. The molecule has 1 saturated heterocycles. The van der Waals surface area contributed by atoms with Gasteiger partial charge in [0.1, 0.15) is 5.58 Å². The topological polar surface area (TPSA) is 50.5 Å². The summed E-state index contributed by atoms with van der Waals surface area (Å²) in [6, 6.07) is 16.8. The number of para-hydroxylation sites is 1. The fourth-order valence-corrected chi connectivity index (χ4v) is 4.86. The van der Waals surface area contributed by atoms with Crippen LogP contribution in [0, 0.1) is 6.92 Å². The second-order valence-electron chi connectivity index (χ2n) is 6.77. The number of aryl methyl sites for hydroxylation is 1. The van der Waals surface area contributed by atoms with E-state index in [1.54, 1.807) is 29.2 Å². The Labute approximate surface area is 162 Å². The molecule has 3 aromatic rings. The van der Waals surface area contributed by atoms with Crippen molar-refractivity contribution >= 4 is 28.6 Å². The molecule has 0 aliphatic carbocycles. The number of hydrogen-bond acceptors (Lipinski definition) is 4. The number of hydrogen-bond donors (Lipinski definition) is 0. The summed E-state index contributed by atoms with van der Waals surface area (Å²) in [5.41, 5.74) is 2.90. The highest BCUT2D eigenvalue weighted by Crippen LogP contribution is 2.36. The molecule has 1 atom stereocenters. The van der Waals surface area contributed by atoms with Crippen LogP contribution in [0.25, 0.3) is 11.0 Å². The first-order valence-corrected chi connectivity index (χ1v) is 10.2. The lowest BCUT2D eigenvalue weighted by molar-refractivity contribution is 0.0735. The van der Waals surface area contributed by atoms with Crippen molar-refractivity contribution in [2.45, 2.75) is 18.6 Å². The lowest BCUT2D eigenvalue weighted by atomic mass is 10.0. The molecular formula is C22H21NO3S. The molecule has 5 heteroatoms. The predicted octanol–water partition coefficient (Wildman–Crippen LogP) is 4.42. The van der Waals surface area contributed by atoms with E-state index in [9.17, 15) is 9.59 Å². The smallest absolute Gasteiger partial charge is 0.289 e. The number of nitrogens with zero attached hydrogens (tertiary/aromatic N) is 1. The van der Waals surface area contributed by atoms with Crippen LogP contribution in [0.15, 0.2) is 63.8 Å². The molecule has 0 spiro atoms. The number of benzene rings is 2. The molecule has 4 rings (SSSR count). The van der Waals surface area contributed by atoms with Crippen LogP contribution in [-0.4, -0.2) is 29.6 Å². The first-order valence-electron chi connectivity index (χ1n) is 9.13. The monoisotopic (exact) mass is 379 g/mol. The number of thioether (sulfide) groups is 1. The minimum absolute atomic E-state index is 0.123. The van der Waals surface area contributed by atoms with E-state index in [1.807, 2.05) is 11.8 Å². The molecule has 1 aromatic heterocycles. The number of fused-ring (bicyclic) bond motifs is 1. The fraction of sp³-hybridized carbons (Fsp3) is 0.273. The maximum absolute atomic E-state index is 12.9. The van der Waals surface area contributed by atoms with E-state index >= 15 is 0 Å². The van der Waals surface area contributed by atoms with Crippen molar-refractivity contribution in [2.75, 3.05) is 18.8 Å². The van der Waals surface area contributed by atoms with Crippen LogP contribution in [0.4, 0.5) is 0 Å². The molecule has 1 aliphatic rings. The average Bonchev–Trinajstić information content (AvgIpc) is 2.94. The Hall–Kier alpha value is -2.53. The summed E-state index contributed by atoms with van der Waals surface area (Å²) in [5, 5.41) is 0.882. The van der Waals surface area contributed by atoms with Gasteiger partial charge in [-0.1, -0.05) is 36.4 Å². The van der Waals surface area contributed by atoms with E-state index in [0.29, 0.717) is 29.3 Å². The lowest BCUT2D eigenvalue weighted by Gasteiger charge is -2.20. The van der Waals surface area contributed by atoms with Crippen LogP contribution in [0.1, 0.15) is 33.4 Å². The molecule has 0 N–H and O–H groups in total. The Morgan fingerprint density at radius 1 is 1.11 bits per heavy atom. The minimum Gasteiger partial charge on any atom is -0.451 e. The van der Waals surface area contributed by atoms with Crippen LogP contribution in [0.5, 0.6) is 0 Å². The molecule has 2 aromatic carbocycles. The van der Waals surface area contributed by atoms with E-state index in [-0.39, 0.29) is 17.1 Å². The Morgan fingerprint density at radius 3 is 2.74 bits per heavy atom. The number of rotatable bonds is 2. The van der Waals surface area contributed by atoms with Crippen molar-refractivity contribution in [3.05, 3.63) is 81.7 Å². The van der Waals surface area contributed by atoms with Crippen LogP contribution >= 0.6 is 11.8 Å². The summed E-state index contributed by atoms with van der Waals surface area (Å²) in [5.74, 6) is 0.782. The standard InChI is InChI=1S/C22H21NO3S/c1-15-6-2-3-7-16(15)21-10-11-23(12-13-27-21)22(25)20-14-18(24)17-8-4-5-9-19(17)26-20/h2-9,14,21H,10-13H2,1H3/t21-/m1/s1. The Bertz CT molecular complexity index is 1040. The molecule has 2 heterocycles. The van der Waals surface area contributed by atoms with E-state index in [0.717, 1.165) is 12.2 Å². The molecule has 1 amide bonds. The van der Waals surface area contributed by atoms with Gasteiger partial charge in [-0.15, -0.1) is 0 Å². The van der Waals surface area contributed by atoms with Crippen LogP contribution in [0.2, 0.25) is 0 Å². The third kappa shape index (κ3) is 3.65. The highest BCUT2D eigenvalue weighted by Gasteiger charge is 2.25. The molecule has 27 heavy (non-hydrogen) atoms. The van der Waals surface area contributed by atoms with Gasteiger partial charge in [-0.25, -0.2) is 0 Å². The fourth-order valence-electron chi connectivity index (χ4n) is 3.53. The van der Waals surface area contributed by atoms with Gasteiger partial charge in [-0.3, -0.25) is 9.59 Å². The average molecular weight is 379 g/mol. The molecule has 0 unspecified atom stereocenters. The van der Waals surface area contributed by atoms with E-state index < -0.39 is 0 Å². The molecule has 0 saturated carbocycles. The zero-order valence-corrected chi connectivity index (χ0v) is 16.0. The van der Waals surface area contributed by atoms with Crippen molar-refractivity contribution in [1.82, 2.24) is 4.90 Å². The largest absolute Gasteiger partial charge is 0.451 e. The molecule has 0 bridgehead atoms. The van der Waals surface area contributed by atoms with E-state index in [1.165, 1.54) is 17.2 Å². The van der Waals surface area contributed by atoms with Gasteiger partial charge >= 0.3 is 0 Å². The van der Waals surface area contributed by atoms with Gasteiger partial charge in [-0.2, -0.15) is 11.8 Å². The highest BCUT2D eigenvalue weighted by atomic mass is 32.2. The predicted molar refractivity (Wildman–Crippen MR) is 109 cm³/mol. The highest BCUT2D eigenvalue weighted by molar-refractivity contribution is 7.99. The van der Waals surface area contributed by atoms with Gasteiger partial charge in [0.15, 0.2) is 11.2 Å². The van der Waals surface area contributed by atoms with Gasteiger partial charge in [0.25, 0.3) is 5.91 Å². The Kier molecular flexibility index (Phi) is 5.03. The van der Waals surface area contributed by atoms with E-state index in [2.05, 4.69) is 31.2 Å². The quantitative estimate of drug-likeness (QED) is 0.661. The van der Waals surface area contributed by atoms with Crippen LogP contribution in [0.3, 0.4) is 0 Å². The van der Waals surface area contributed by atoms with Crippen LogP contribution < -0.4 is 5.43 Å². The molecule has 138 valence electrons. The molecule has 1 fully saturated rings. The summed E-state index contributed by atoms with van der Waals surface area (Å²) >= 11 is 1.89. The molecule has 0 radical (unpaired) electrons. The zero-order valence-electron chi connectivity index (χ0n) is 15.2. The number of carbonyl (C=O) groups excluding carboxylic acids is 1. The Balaban J connectivity index is 1.55. The van der Waals surface area contributed by atoms with Gasteiger partial charge in [0.05, 0.1) is 5.39 Å². The molecule has 1 aliphatic heterocycles. The lowest BCUT2D eigenvalue weighted by Crippen LogP contribution is -2.33.